The van der Waals surface area contributed by atoms with Crippen molar-refractivity contribution in [3.8, 4) is 11.8 Å². The SMILES string of the molecule is CCCC1CCC(NCc2ccc(OC)c(C#N)c2)CC1. The van der Waals surface area contributed by atoms with Crippen LogP contribution in [0, 0.1) is 17.2 Å². The Kier molecular flexibility index (Phi) is 6.07. The second-order valence-corrected chi connectivity index (χ2v) is 6.03. The van der Waals surface area contributed by atoms with Gasteiger partial charge in [0.2, 0.25) is 0 Å². The lowest BCUT2D eigenvalue weighted by atomic mass is 9.83. The summed E-state index contributed by atoms with van der Waals surface area (Å²) in [6, 6.07) is 8.67. The third-order valence-electron chi connectivity index (χ3n) is 4.52. The van der Waals surface area contributed by atoms with Gasteiger partial charge >= 0.3 is 0 Å². The van der Waals surface area contributed by atoms with E-state index in [0.717, 1.165) is 18.0 Å². The van der Waals surface area contributed by atoms with Gasteiger partial charge in [0, 0.05) is 12.6 Å². The molecule has 1 aromatic rings. The van der Waals surface area contributed by atoms with Crippen molar-refractivity contribution < 1.29 is 4.74 Å². The number of nitrogens with zero attached hydrogens (tertiary/aromatic N) is 1. The van der Waals surface area contributed by atoms with Gasteiger partial charge in [-0.2, -0.15) is 5.26 Å². The number of hydrogen-bond acceptors (Lipinski definition) is 3. The van der Waals surface area contributed by atoms with Crippen molar-refractivity contribution in [2.75, 3.05) is 7.11 Å². The topological polar surface area (TPSA) is 45.0 Å². The van der Waals surface area contributed by atoms with E-state index in [1.54, 1.807) is 7.11 Å². The van der Waals surface area contributed by atoms with E-state index in [2.05, 4.69) is 18.3 Å². The van der Waals surface area contributed by atoms with Crippen molar-refractivity contribution in [3.63, 3.8) is 0 Å². The average molecular weight is 286 g/mol. The number of rotatable bonds is 6. The van der Waals surface area contributed by atoms with Gasteiger partial charge < -0.3 is 10.1 Å². The summed E-state index contributed by atoms with van der Waals surface area (Å²) in [4.78, 5) is 0. The van der Waals surface area contributed by atoms with Crippen LogP contribution in [0.3, 0.4) is 0 Å². The Balaban J connectivity index is 1.83. The molecule has 3 nitrogen and oxygen atoms in total. The standard InChI is InChI=1S/C18H26N2O/c1-3-4-14-5-8-17(9-6-14)20-13-15-7-10-18(21-2)16(11-15)12-19/h7,10-11,14,17,20H,3-6,8-9,13H2,1-2H3. The molecule has 1 aliphatic carbocycles. The fraction of sp³-hybridized carbons (Fsp3) is 0.611. The third kappa shape index (κ3) is 4.47. The molecular formula is C18H26N2O. The summed E-state index contributed by atoms with van der Waals surface area (Å²) in [5, 5.41) is 12.8. The monoisotopic (exact) mass is 286 g/mol. The van der Waals surface area contributed by atoms with Crippen molar-refractivity contribution >= 4 is 0 Å². The van der Waals surface area contributed by atoms with Gasteiger partial charge in [-0.25, -0.2) is 0 Å². The molecule has 0 aliphatic heterocycles. The molecule has 0 heterocycles. The number of nitrogens with one attached hydrogen (secondary N) is 1. The summed E-state index contributed by atoms with van der Waals surface area (Å²) in [6.07, 6.45) is 7.98. The zero-order valence-electron chi connectivity index (χ0n) is 13.2. The molecule has 21 heavy (non-hydrogen) atoms. The molecule has 1 fully saturated rings. The fourth-order valence-corrected chi connectivity index (χ4v) is 3.28. The minimum Gasteiger partial charge on any atom is -0.495 e. The van der Waals surface area contributed by atoms with E-state index < -0.39 is 0 Å². The third-order valence-corrected chi connectivity index (χ3v) is 4.52. The molecule has 1 aromatic carbocycles. The maximum atomic E-state index is 9.12. The van der Waals surface area contributed by atoms with E-state index in [4.69, 9.17) is 10.00 Å². The average Bonchev–Trinajstić information content (AvgIpc) is 2.54. The van der Waals surface area contributed by atoms with E-state index >= 15 is 0 Å². The van der Waals surface area contributed by atoms with Crippen LogP contribution in [0.1, 0.15) is 56.6 Å². The lowest BCUT2D eigenvalue weighted by Crippen LogP contribution is -2.32. The van der Waals surface area contributed by atoms with Crippen molar-refractivity contribution in [2.24, 2.45) is 5.92 Å². The molecule has 0 aromatic heterocycles. The molecule has 0 atom stereocenters. The highest BCUT2D eigenvalue weighted by Gasteiger charge is 2.20. The molecule has 1 aliphatic rings. The highest BCUT2D eigenvalue weighted by molar-refractivity contribution is 5.45. The Labute approximate surface area is 128 Å². The van der Waals surface area contributed by atoms with Crippen LogP contribution >= 0.6 is 0 Å². The lowest BCUT2D eigenvalue weighted by molar-refractivity contribution is 0.277. The van der Waals surface area contributed by atoms with E-state index in [9.17, 15) is 0 Å². The molecule has 0 amide bonds. The van der Waals surface area contributed by atoms with Gasteiger partial charge in [0.05, 0.1) is 12.7 Å². The second kappa shape index (κ2) is 8.05. The summed E-state index contributed by atoms with van der Waals surface area (Å²) in [6.45, 7) is 3.11. The molecule has 2 rings (SSSR count). The quantitative estimate of drug-likeness (QED) is 0.859. The Morgan fingerprint density at radius 2 is 2.05 bits per heavy atom. The number of nitriles is 1. The molecule has 1 N–H and O–H groups in total. The van der Waals surface area contributed by atoms with Crippen LogP contribution in [0.15, 0.2) is 18.2 Å². The van der Waals surface area contributed by atoms with Crippen LogP contribution in [0.5, 0.6) is 5.75 Å². The summed E-state index contributed by atoms with van der Waals surface area (Å²) in [5.74, 6) is 1.60. The zero-order valence-corrected chi connectivity index (χ0v) is 13.2. The highest BCUT2D eigenvalue weighted by atomic mass is 16.5. The minimum atomic E-state index is 0.614. The summed E-state index contributed by atoms with van der Waals surface area (Å²) >= 11 is 0. The molecule has 0 unspecified atom stereocenters. The van der Waals surface area contributed by atoms with Gasteiger partial charge in [0.1, 0.15) is 11.8 Å². The lowest BCUT2D eigenvalue weighted by Gasteiger charge is -2.29. The first-order valence-corrected chi connectivity index (χ1v) is 8.07. The maximum absolute atomic E-state index is 9.12. The molecule has 3 heteroatoms. The predicted molar refractivity (Wildman–Crippen MR) is 85.2 cm³/mol. The van der Waals surface area contributed by atoms with Gasteiger partial charge in [-0.15, -0.1) is 0 Å². The van der Waals surface area contributed by atoms with Crippen LogP contribution < -0.4 is 10.1 Å². The Morgan fingerprint density at radius 3 is 2.67 bits per heavy atom. The van der Waals surface area contributed by atoms with Crippen LogP contribution in [0.2, 0.25) is 0 Å². The number of ether oxygens (including phenoxy) is 1. The number of hydrogen-bond donors (Lipinski definition) is 1. The molecule has 1 saturated carbocycles. The summed E-state index contributed by atoms with van der Waals surface area (Å²) < 4.78 is 5.18. The first-order valence-electron chi connectivity index (χ1n) is 8.07. The first kappa shape index (κ1) is 15.9. The molecule has 114 valence electrons. The molecule has 0 bridgehead atoms. The van der Waals surface area contributed by atoms with E-state index in [1.165, 1.54) is 38.5 Å². The zero-order chi connectivity index (χ0) is 15.1. The Morgan fingerprint density at radius 1 is 1.29 bits per heavy atom. The van der Waals surface area contributed by atoms with E-state index in [-0.39, 0.29) is 0 Å². The van der Waals surface area contributed by atoms with Crippen LogP contribution in [0.4, 0.5) is 0 Å². The molecule has 0 spiro atoms. The van der Waals surface area contributed by atoms with Gasteiger partial charge in [-0.05, 0) is 49.3 Å². The van der Waals surface area contributed by atoms with Gasteiger partial charge in [-0.1, -0.05) is 25.8 Å². The molecule has 0 saturated heterocycles. The van der Waals surface area contributed by atoms with Crippen molar-refractivity contribution in [3.05, 3.63) is 29.3 Å². The van der Waals surface area contributed by atoms with Gasteiger partial charge in [0.25, 0.3) is 0 Å². The smallest absolute Gasteiger partial charge is 0.136 e. The fourth-order valence-electron chi connectivity index (χ4n) is 3.28. The maximum Gasteiger partial charge on any atom is 0.136 e. The van der Waals surface area contributed by atoms with Crippen LogP contribution in [0.25, 0.3) is 0 Å². The largest absolute Gasteiger partial charge is 0.495 e. The molecule has 0 radical (unpaired) electrons. The van der Waals surface area contributed by atoms with Crippen LogP contribution in [-0.2, 0) is 6.54 Å². The Hall–Kier alpha value is -1.53. The highest BCUT2D eigenvalue weighted by Crippen LogP contribution is 2.28. The van der Waals surface area contributed by atoms with Crippen LogP contribution in [-0.4, -0.2) is 13.2 Å². The van der Waals surface area contributed by atoms with Crippen molar-refractivity contribution in [2.45, 2.75) is 58.0 Å². The second-order valence-electron chi connectivity index (χ2n) is 6.03. The number of benzene rings is 1. The van der Waals surface area contributed by atoms with Crippen molar-refractivity contribution in [1.29, 1.82) is 5.26 Å². The van der Waals surface area contributed by atoms with E-state index in [0.29, 0.717) is 17.4 Å². The van der Waals surface area contributed by atoms with Crippen molar-refractivity contribution in [1.82, 2.24) is 5.32 Å². The summed E-state index contributed by atoms with van der Waals surface area (Å²) in [7, 11) is 1.60. The minimum absolute atomic E-state index is 0.614. The number of methoxy groups -OCH3 is 1. The first-order chi connectivity index (χ1) is 10.3. The van der Waals surface area contributed by atoms with Gasteiger partial charge in [-0.3, -0.25) is 0 Å². The normalized spacial score (nSPS) is 21.8. The van der Waals surface area contributed by atoms with Gasteiger partial charge in [0.15, 0.2) is 0 Å². The Bertz CT molecular complexity index is 484. The predicted octanol–water partition coefficient (Wildman–Crippen LogP) is 4.02. The molecular weight excluding hydrogens is 260 g/mol. The summed E-state index contributed by atoms with van der Waals surface area (Å²) in [5.41, 5.74) is 1.77. The van der Waals surface area contributed by atoms with E-state index in [1.807, 2.05) is 18.2 Å².